The first-order valence-corrected chi connectivity index (χ1v) is 9.48. The van der Waals surface area contributed by atoms with Crippen molar-refractivity contribution in [2.45, 2.75) is 6.54 Å². The van der Waals surface area contributed by atoms with E-state index in [0.717, 1.165) is 21.8 Å². The molecule has 0 saturated carbocycles. The van der Waals surface area contributed by atoms with Gasteiger partial charge in [0.2, 0.25) is 5.75 Å². The van der Waals surface area contributed by atoms with Gasteiger partial charge >= 0.3 is 0 Å². The highest BCUT2D eigenvalue weighted by molar-refractivity contribution is 9.10. The van der Waals surface area contributed by atoms with Crippen LogP contribution in [0.15, 0.2) is 45.8 Å². The predicted octanol–water partition coefficient (Wildman–Crippen LogP) is 4.41. The lowest BCUT2D eigenvalue weighted by Gasteiger charge is -2.12. The average molecular weight is 450 g/mol. The highest BCUT2D eigenvalue weighted by Gasteiger charge is 2.35. The number of rotatable bonds is 5. The smallest absolute Gasteiger partial charge is 0.293 e. The zero-order valence-corrected chi connectivity index (χ0v) is 17.0. The maximum atomic E-state index is 12.7. The molecule has 8 heteroatoms. The number of hydrogen-bond acceptors (Lipinski definition) is 6. The first-order valence-electron chi connectivity index (χ1n) is 7.87. The quantitative estimate of drug-likeness (QED) is 0.681. The number of imide groups is 1. The van der Waals surface area contributed by atoms with Crippen molar-refractivity contribution in [3.8, 4) is 17.2 Å². The lowest BCUT2D eigenvalue weighted by molar-refractivity contribution is -0.123. The zero-order chi connectivity index (χ0) is 19.6. The lowest BCUT2D eigenvalue weighted by atomic mass is 10.1. The summed E-state index contributed by atoms with van der Waals surface area (Å²) in [5.74, 6) is -0.0520. The van der Waals surface area contributed by atoms with Crippen molar-refractivity contribution in [3.63, 3.8) is 0 Å². The van der Waals surface area contributed by atoms with Gasteiger partial charge in [-0.05, 0) is 53.2 Å². The number of thioether (sulfide) groups is 1. The van der Waals surface area contributed by atoms with Gasteiger partial charge in [-0.25, -0.2) is 0 Å². The van der Waals surface area contributed by atoms with Crippen molar-refractivity contribution < 1.29 is 24.2 Å². The fourth-order valence-electron chi connectivity index (χ4n) is 2.56. The van der Waals surface area contributed by atoms with Gasteiger partial charge in [-0.2, -0.15) is 0 Å². The van der Waals surface area contributed by atoms with Gasteiger partial charge in [0.15, 0.2) is 11.5 Å². The zero-order valence-electron chi connectivity index (χ0n) is 14.6. The maximum absolute atomic E-state index is 12.7. The summed E-state index contributed by atoms with van der Waals surface area (Å²) >= 11 is 4.23. The number of nitrogens with zero attached hydrogens (tertiary/aromatic N) is 1. The van der Waals surface area contributed by atoms with Crippen molar-refractivity contribution in [1.82, 2.24) is 4.90 Å². The van der Waals surface area contributed by atoms with Gasteiger partial charge in [0.05, 0.1) is 25.7 Å². The molecule has 3 rings (SSSR count). The number of carbonyl (C=O) groups excluding carboxylic acids is 2. The Morgan fingerprint density at radius 2 is 1.70 bits per heavy atom. The van der Waals surface area contributed by atoms with E-state index in [1.807, 2.05) is 24.3 Å². The van der Waals surface area contributed by atoms with Crippen molar-refractivity contribution >= 4 is 44.9 Å². The van der Waals surface area contributed by atoms with E-state index < -0.39 is 0 Å². The molecule has 0 unspecified atom stereocenters. The number of phenols is 1. The third kappa shape index (κ3) is 4.12. The molecule has 1 aliphatic heterocycles. The Morgan fingerprint density at radius 1 is 1.11 bits per heavy atom. The third-order valence-electron chi connectivity index (χ3n) is 3.93. The topological polar surface area (TPSA) is 76.1 Å². The standard InChI is InChI=1S/C19H16BrNO5S/c1-25-14-7-12(8-15(26-2)17(14)22)9-16-18(23)21(19(24)27-16)10-11-3-5-13(20)6-4-11/h3-9,22H,10H2,1-2H3. The van der Waals surface area contributed by atoms with Crippen molar-refractivity contribution in [2.75, 3.05) is 14.2 Å². The molecule has 6 nitrogen and oxygen atoms in total. The second-order valence-electron chi connectivity index (χ2n) is 5.67. The fourth-order valence-corrected chi connectivity index (χ4v) is 3.66. The van der Waals surface area contributed by atoms with Crippen LogP contribution in [-0.2, 0) is 11.3 Å². The van der Waals surface area contributed by atoms with Gasteiger partial charge < -0.3 is 14.6 Å². The van der Waals surface area contributed by atoms with Gasteiger partial charge in [0.25, 0.3) is 11.1 Å². The highest BCUT2D eigenvalue weighted by Crippen LogP contribution is 2.39. The van der Waals surface area contributed by atoms with Crippen LogP contribution in [0.1, 0.15) is 11.1 Å². The molecule has 1 fully saturated rings. The van der Waals surface area contributed by atoms with E-state index in [4.69, 9.17) is 9.47 Å². The predicted molar refractivity (Wildman–Crippen MR) is 107 cm³/mol. The number of phenolic OH excluding ortho intramolecular Hbond substituents is 1. The van der Waals surface area contributed by atoms with Gasteiger partial charge in [-0.3, -0.25) is 14.5 Å². The summed E-state index contributed by atoms with van der Waals surface area (Å²) in [6.45, 7) is 0.206. The summed E-state index contributed by atoms with van der Waals surface area (Å²) in [7, 11) is 2.84. The second-order valence-corrected chi connectivity index (χ2v) is 7.58. The molecule has 1 N–H and O–H groups in total. The van der Waals surface area contributed by atoms with E-state index in [0.29, 0.717) is 10.5 Å². The largest absolute Gasteiger partial charge is 0.502 e. The molecule has 0 atom stereocenters. The molecule has 0 aliphatic carbocycles. The van der Waals surface area contributed by atoms with E-state index in [-0.39, 0.29) is 34.9 Å². The van der Waals surface area contributed by atoms with Gasteiger partial charge in [0, 0.05) is 4.47 Å². The molecule has 2 aromatic rings. The number of amides is 2. The van der Waals surface area contributed by atoms with E-state index >= 15 is 0 Å². The molecule has 1 aliphatic rings. The minimum Gasteiger partial charge on any atom is -0.502 e. The Morgan fingerprint density at radius 3 is 2.26 bits per heavy atom. The summed E-state index contributed by atoms with van der Waals surface area (Å²) in [4.78, 5) is 26.4. The maximum Gasteiger partial charge on any atom is 0.293 e. The first kappa shape index (κ1) is 19.3. The van der Waals surface area contributed by atoms with Crippen molar-refractivity contribution in [3.05, 3.63) is 56.9 Å². The SMILES string of the molecule is COc1cc(C=C2SC(=O)N(Cc3ccc(Br)cc3)C2=O)cc(OC)c1O. The number of aromatic hydroxyl groups is 1. The molecule has 0 bridgehead atoms. The Hall–Kier alpha value is -2.45. The van der Waals surface area contributed by atoms with E-state index in [9.17, 15) is 14.7 Å². The molecule has 27 heavy (non-hydrogen) atoms. The monoisotopic (exact) mass is 449 g/mol. The third-order valence-corrected chi connectivity index (χ3v) is 5.36. The number of hydrogen-bond donors (Lipinski definition) is 1. The normalized spacial score (nSPS) is 15.5. The van der Waals surface area contributed by atoms with Crippen LogP contribution >= 0.6 is 27.7 Å². The van der Waals surface area contributed by atoms with Crippen LogP contribution in [0.2, 0.25) is 0 Å². The minimum atomic E-state index is -0.362. The fraction of sp³-hybridized carbons (Fsp3) is 0.158. The first-order chi connectivity index (χ1) is 12.9. The van der Waals surface area contributed by atoms with Gasteiger partial charge in [-0.1, -0.05) is 28.1 Å². The van der Waals surface area contributed by atoms with Crippen LogP contribution in [0.3, 0.4) is 0 Å². The minimum absolute atomic E-state index is 0.125. The Kier molecular flexibility index (Phi) is 5.76. The van der Waals surface area contributed by atoms with E-state index in [2.05, 4.69) is 15.9 Å². The van der Waals surface area contributed by atoms with E-state index in [1.165, 1.54) is 19.1 Å². The molecule has 2 amide bonds. The molecule has 1 heterocycles. The highest BCUT2D eigenvalue weighted by atomic mass is 79.9. The molecule has 1 saturated heterocycles. The number of halogens is 1. The molecule has 0 spiro atoms. The Balaban J connectivity index is 1.87. The lowest BCUT2D eigenvalue weighted by Crippen LogP contribution is -2.27. The Bertz CT molecular complexity index is 901. The van der Waals surface area contributed by atoms with Crippen molar-refractivity contribution in [2.24, 2.45) is 0 Å². The molecular formula is C19H16BrNO5S. The number of benzene rings is 2. The van der Waals surface area contributed by atoms with Gasteiger partial charge in [-0.15, -0.1) is 0 Å². The van der Waals surface area contributed by atoms with Crippen LogP contribution < -0.4 is 9.47 Å². The second kappa shape index (κ2) is 8.06. The van der Waals surface area contributed by atoms with Crippen LogP contribution in [0, 0.1) is 0 Å². The molecule has 0 radical (unpaired) electrons. The number of methoxy groups -OCH3 is 2. The molecule has 0 aromatic heterocycles. The van der Waals surface area contributed by atoms with Crippen LogP contribution in [0.4, 0.5) is 4.79 Å². The summed E-state index contributed by atoms with van der Waals surface area (Å²) in [6.07, 6.45) is 1.58. The Labute approximate surface area is 168 Å². The van der Waals surface area contributed by atoms with Crippen LogP contribution in [0.25, 0.3) is 6.08 Å². The summed E-state index contributed by atoms with van der Waals surface area (Å²) < 4.78 is 11.2. The molecule has 140 valence electrons. The van der Waals surface area contributed by atoms with Gasteiger partial charge in [0.1, 0.15) is 0 Å². The summed E-state index contributed by atoms with van der Waals surface area (Å²) in [5.41, 5.74) is 1.44. The number of ether oxygens (including phenoxy) is 2. The molecular weight excluding hydrogens is 434 g/mol. The summed E-state index contributed by atoms with van der Waals surface area (Å²) in [5, 5.41) is 9.66. The number of carbonyl (C=O) groups is 2. The average Bonchev–Trinajstić information content (AvgIpc) is 2.92. The molecule has 2 aromatic carbocycles. The summed E-state index contributed by atoms with van der Waals surface area (Å²) in [6, 6.07) is 10.6. The van der Waals surface area contributed by atoms with Crippen LogP contribution in [0.5, 0.6) is 17.2 Å². The van der Waals surface area contributed by atoms with E-state index in [1.54, 1.807) is 18.2 Å². The van der Waals surface area contributed by atoms with Crippen LogP contribution in [-0.4, -0.2) is 35.4 Å². The van der Waals surface area contributed by atoms with Crippen molar-refractivity contribution in [1.29, 1.82) is 0 Å².